The summed E-state index contributed by atoms with van der Waals surface area (Å²) in [6, 6.07) is 7.75. The van der Waals surface area contributed by atoms with Crippen LogP contribution >= 0.6 is 0 Å². The van der Waals surface area contributed by atoms with Gasteiger partial charge in [0.25, 0.3) is 5.91 Å². The van der Waals surface area contributed by atoms with Gasteiger partial charge in [0.05, 0.1) is 6.61 Å². The first-order chi connectivity index (χ1) is 10.3. The molecule has 4 heteroatoms. The second-order valence-electron chi connectivity index (χ2n) is 5.72. The molecule has 21 heavy (non-hydrogen) atoms. The molecule has 1 aliphatic rings. The molecular formula is C17H26N2O2. The first kappa shape index (κ1) is 16.0. The first-order valence-corrected chi connectivity index (χ1v) is 7.77. The minimum atomic E-state index is 0.148. The van der Waals surface area contributed by atoms with Gasteiger partial charge in [-0.2, -0.15) is 0 Å². The van der Waals surface area contributed by atoms with Crippen molar-refractivity contribution in [2.24, 2.45) is 5.92 Å². The van der Waals surface area contributed by atoms with Gasteiger partial charge in [-0.15, -0.1) is 0 Å². The average molecular weight is 290 g/mol. The Balaban J connectivity index is 1.96. The highest BCUT2D eigenvalue weighted by Crippen LogP contribution is 2.22. The predicted molar refractivity (Wildman–Crippen MR) is 84.3 cm³/mol. The zero-order valence-corrected chi connectivity index (χ0v) is 13.1. The lowest BCUT2D eigenvalue weighted by atomic mass is 9.93. The Morgan fingerprint density at radius 3 is 2.71 bits per heavy atom. The third kappa shape index (κ3) is 4.29. The number of nitrogens with one attached hydrogen (secondary N) is 1. The van der Waals surface area contributed by atoms with E-state index < -0.39 is 0 Å². The number of hydrogen-bond acceptors (Lipinski definition) is 3. The van der Waals surface area contributed by atoms with E-state index in [0.29, 0.717) is 6.61 Å². The largest absolute Gasteiger partial charge is 0.380 e. The number of ether oxygens (including phenoxy) is 1. The number of methoxy groups -OCH3 is 1. The Morgan fingerprint density at radius 1 is 1.33 bits per heavy atom. The second kappa shape index (κ2) is 8.15. The van der Waals surface area contributed by atoms with Crippen molar-refractivity contribution in [1.29, 1.82) is 0 Å². The summed E-state index contributed by atoms with van der Waals surface area (Å²) in [6.07, 6.45) is 3.43. The van der Waals surface area contributed by atoms with E-state index >= 15 is 0 Å². The fourth-order valence-corrected chi connectivity index (χ4v) is 2.95. The summed E-state index contributed by atoms with van der Waals surface area (Å²) in [5.74, 6) is 0.894. The fraction of sp³-hybridized carbons (Fsp3) is 0.588. The van der Waals surface area contributed by atoms with E-state index in [4.69, 9.17) is 4.74 Å². The van der Waals surface area contributed by atoms with Crippen LogP contribution in [0, 0.1) is 5.92 Å². The molecule has 2 rings (SSSR count). The summed E-state index contributed by atoms with van der Waals surface area (Å²) in [7, 11) is 3.65. The summed E-state index contributed by atoms with van der Waals surface area (Å²) in [5, 5.41) is 3.20. The van der Waals surface area contributed by atoms with Gasteiger partial charge in [-0.1, -0.05) is 18.2 Å². The number of benzene rings is 1. The van der Waals surface area contributed by atoms with E-state index in [-0.39, 0.29) is 5.91 Å². The molecular weight excluding hydrogens is 264 g/mol. The van der Waals surface area contributed by atoms with Crippen molar-refractivity contribution in [3.05, 3.63) is 35.4 Å². The Bertz CT molecular complexity index is 454. The molecule has 4 nitrogen and oxygen atoms in total. The van der Waals surface area contributed by atoms with Crippen LogP contribution in [0.5, 0.6) is 0 Å². The zero-order chi connectivity index (χ0) is 15.1. The smallest absolute Gasteiger partial charge is 0.254 e. The molecule has 1 fully saturated rings. The lowest BCUT2D eigenvalue weighted by Gasteiger charge is -2.32. The van der Waals surface area contributed by atoms with Crippen molar-refractivity contribution >= 4 is 5.91 Å². The summed E-state index contributed by atoms with van der Waals surface area (Å²) >= 11 is 0. The van der Waals surface area contributed by atoms with Crippen LogP contribution in [0.15, 0.2) is 24.3 Å². The number of nitrogens with zero attached hydrogens (tertiary/aromatic N) is 1. The Kier molecular flexibility index (Phi) is 6.21. The molecule has 1 aliphatic heterocycles. The van der Waals surface area contributed by atoms with Gasteiger partial charge in [0.15, 0.2) is 0 Å². The standard InChI is InChI=1S/C17H26N2O2/c1-18-10-7-14-8-11-19(12-9-14)17(20)16-6-4-3-5-15(16)13-21-2/h3-6,14,18H,7-13H2,1-2H3. The highest BCUT2D eigenvalue weighted by Gasteiger charge is 2.24. The molecule has 0 bridgehead atoms. The summed E-state index contributed by atoms with van der Waals surface area (Å²) in [4.78, 5) is 14.7. The number of rotatable bonds is 6. The zero-order valence-electron chi connectivity index (χ0n) is 13.1. The van der Waals surface area contributed by atoms with E-state index in [1.807, 2.05) is 36.2 Å². The second-order valence-corrected chi connectivity index (χ2v) is 5.72. The molecule has 0 aliphatic carbocycles. The summed E-state index contributed by atoms with van der Waals surface area (Å²) in [5.41, 5.74) is 1.76. The topological polar surface area (TPSA) is 41.6 Å². The normalized spacial score (nSPS) is 16.2. The van der Waals surface area contributed by atoms with Crippen molar-refractivity contribution < 1.29 is 9.53 Å². The minimum Gasteiger partial charge on any atom is -0.380 e. The number of piperidine rings is 1. The lowest BCUT2D eigenvalue weighted by molar-refractivity contribution is 0.0682. The van der Waals surface area contributed by atoms with Crippen LogP contribution in [0.4, 0.5) is 0 Å². The van der Waals surface area contributed by atoms with Gasteiger partial charge in [0.1, 0.15) is 0 Å². The van der Waals surface area contributed by atoms with Crippen LogP contribution in [-0.2, 0) is 11.3 Å². The van der Waals surface area contributed by atoms with E-state index in [1.165, 1.54) is 6.42 Å². The van der Waals surface area contributed by atoms with Crippen molar-refractivity contribution in [1.82, 2.24) is 10.2 Å². The predicted octanol–water partition coefficient (Wildman–Crippen LogP) is 2.29. The molecule has 1 aromatic carbocycles. The first-order valence-electron chi connectivity index (χ1n) is 7.77. The molecule has 1 saturated heterocycles. The Hall–Kier alpha value is -1.39. The molecule has 1 heterocycles. The highest BCUT2D eigenvalue weighted by atomic mass is 16.5. The number of amides is 1. The third-order valence-electron chi connectivity index (χ3n) is 4.25. The van der Waals surface area contributed by atoms with Gasteiger partial charge in [-0.25, -0.2) is 0 Å². The number of carbonyl (C=O) groups is 1. The van der Waals surface area contributed by atoms with Crippen LogP contribution in [-0.4, -0.2) is 44.6 Å². The van der Waals surface area contributed by atoms with Gasteiger partial charge in [-0.3, -0.25) is 4.79 Å². The molecule has 116 valence electrons. The van der Waals surface area contributed by atoms with E-state index in [0.717, 1.165) is 49.5 Å². The lowest BCUT2D eigenvalue weighted by Crippen LogP contribution is -2.39. The van der Waals surface area contributed by atoms with Gasteiger partial charge in [0.2, 0.25) is 0 Å². The molecule has 0 atom stereocenters. The Labute approximate surface area is 127 Å². The van der Waals surface area contributed by atoms with E-state index in [9.17, 15) is 4.79 Å². The molecule has 0 radical (unpaired) electrons. The quantitative estimate of drug-likeness (QED) is 0.874. The van der Waals surface area contributed by atoms with E-state index in [1.54, 1.807) is 7.11 Å². The SMILES string of the molecule is CNCCC1CCN(C(=O)c2ccccc2COC)CC1. The van der Waals surface area contributed by atoms with Gasteiger partial charge in [-0.05, 0) is 50.4 Å². The van der Waals surface area contributed by atoms with Crippen molar-refractivity contribution in [3.8, 4) is 0 Å². The maximum atomic E-state index is 12.7. The van der Waals surface area contributed by atoms with Gasteiger partial charge >= 0.3 is 0 Å². The molecule has 1 N–H and O–H groups in total. The van der Waals surface area contributed by atoms with Crippen molar-refractivity contribution in [3.63, 3.8) is 0 Å². The van der Waals surface area contributed by atoms with Crippen LogP contribution in [0.1, 0.15) is 35.2 Å². The molecule has 0 saturated carbocycles. The highest BCUT2D eigenvalue weighted by molar-refractivity contribution is 5.95. The third-order valence-corrected chi connectivity index (χ3v) is 4.25. The molecule has 1 aromatic rings. The van der Waals surface area contributed by atoms with Crippen LogP contribution in [0.2, 0.25) is 0 Å². The molecule has 1 amide bonds. The van der Waals surface area contributed by atoms with Crippen LogP contribution < -0.4 is 5.32 Å². The minimum absolute atomic E-state index is 0.148. The average Bonchev–Trinajstić information content (AvgIpc) is 2.53. The molecule has 0 aromatic heterocycles. The van der Waals surface area contributed by atoms with Gasteiger partial charge < -0.3 is 15.0 Å². The van der Waals surface area contributed by atoms with Crippen molar-refractivity contribution in [2.45, 2.75) is 25.9 Å². The molecule has 0 unspecified atom stereocenters. The maximum absolute atomic E-state index is 12.7. The van der Waals surface area contributed by atoms with Gasteiger partial charge in [0, 0.05) is 25.8 Å². The summed E-state index contributed by atoms with van der Waals surface area (Å²) < 4.78 is 5.19. The van der Waals surface area contributed by atoms with E-state index in [2.05, 4.69) is 5.32 Å². The van der Waals surface area contributed by atoms with Crippen LogP contribution in [0.25, 0.3) is 0 Å². The maximum Gasteiger partial charge on any atom is 0.254 e. The number of carbonyl (C=O) groups excluding carboxylic acids is 1. The molecule has 0 spiro atoms. The van der Waals surface area contributed by atoms with Crippen LogP contribution in [0.3, 0.4) is 0 Å². The monoisotopic (exact) mass is 290 g/mol. The van der Waals surface area contributed by atoms with Crippen molar-refractivity contribution in [2.75, 3.05) is 33.8 Å². The Morgan fingerprint density at radius 2 is 2.05 bits per heavy atom. The summed E-state index contributed by atoms with van der Waals surface area (Å²) in [6.45, 7) is 3.29. The number of likely N-dealkylation sites (tertiary alicyclic amines) is 1. The number of hydrogen-bond donors (Lipinski definition) is 1. The fourth-order valence-electron chi connectivity index (χ4n) is 2.95.